The second-order valence-corrected chi connectivity index (χ2v) is 6.58. The van der Waals surface area contributed by atoms with Crippen molar-refractivity contribution in [3.63, 3.8) is 0 Å². The zero-order valence-corrected chi connectivity index (χ0v) is 15.3. The summed E-state index contributed by atoms with van der Waals surface area (Å²) in [7, 11) is -2.97. The molecule has 0 saturated heterocycles. The average Bonchev–Trinajstić information content (AvgIpc) is 3.04. The van der Waals surface area contributed by atoms with E-state index >= 15 is 0 Å². The molecule has 0 aliphatic carbocycles. The van der Waals surface area contributed by atoms with Crippen molar-refractivity contribution in [2.75, 3.05) is 10.8 Å². The lowest BCUT2D eigenvalue weighted by Crippen LogP contribution is -2.24. The van der Waals surface area contributed by atoms with Crippen molar-refractivity contribution in [2.24, 2.45) is 0 Å². The van der Waals surface area contributed by atoms with Crippen molar-refractivity contribution >= 4 is 33.9 Å². The Labute approximate surface area is 152 Å². The average molecular weight is 373 g/mol. The lowest BCUT2D eigenvalue weighted by atomic mass is 10.2. The van der Waals surface area contributed by atoms with Gasteiger partial charge in [-0.25, -0.2) is 22.2 Å². The number of rotatable bonds is 6. The molecule has 0 unspecified atom stereocenters. The van der Waals surface area contributed by atoms with Gasteiger partial charge in [0.2, 0.25) is 10.9 Å². The van der Waals surface area contributed by atoms with E-state index < -0.39 is 10.9 Å². The number of nitrogens with zero attached hydrogens (tertiary/aromatic N) is 4. The predicted molar refractivity (Wildman–Crippen MR) is 99.2 cm³/mol. The minimum Gasteiger partial charge on any atom is -0.352 e. The molecule has 0 aliphatic rings. The number of fused-ring (bicyclic) bond motifs is 1. The molecule has 0 saturated carbocycles. The van der Waals surface area contributed by atoms with Crippen LogP contribution in [-0.2, 0) is 10.9 Å². The summed E-state index contributed by atoms with van der Waals surface area (Å²) in [4.78, 5) is 16.7. The Kier molecular flexibility index (Phi) is 5.17. The zero-order chi connectivity index (χ0) is 18.7. The van der Waals surface area contributed by atoms with Crippen LogP contribution in [0.4, 0.5) is 11.5 Å². The van der Waals surface area contributed by atoms with Crippen LogP contribution in [0.5, 0.6) is 0 Å². The topological polar surface area (TPSA) is 96.7 Å². The summed E-state index contributed by atoms with van der Waals surface area (Å²) in [6, 6.07) is 8.67. The third kappa shape index (κ3) is 3.38. The van der Waals surface area contributed by atoms with Crippen LogP contribution in [-0.4, -0.2) is 35.5 Å². The standard InChI is InChI=1S/C17H19N5O3S/c1-3-9-18-17(23)13-11-19-21-10-8-15(20-16(13)21)22(26(24)25)14-7-5-4-6-12(14)2/h4-8,10-11,26H,3,9H2,1-2H3,(H,18,23). The van der Waals surface area contributed by atoms with E-state index in [9.17, 15) is 13.2 Å². The SMILES string of the molecule is CCCNC(=O)c1cnn2ccc(N(c3ccccc3C)[SH](=O)=O)nc12. The number of benzene rings is 1. The minimum atomic E-state index is -2.97. The number of amides is 1. The number of hydrogen-bond donors (Lipinski definition) is 2. The fourth-order valence-electron chi connectivity index (χ4n) is 2.57. The summed E-state index contributed by atoms with van der Waals surface area (Å²) in [5.74, 6) is -0.0894. The van der Waals surface area contributed by atoms with Crippen LogP contribution in [0.2, 0.25) is 0 Å². The molecule has 2 aromatic heterocycles. The van der Waals surface area contributed by atoms with Crippen LogP contribution >= 0.6 is 0 Å². The first-order chi connectivity index (χ1) is 12.5. The molecular weight excluding hydrogens is 354 g/mol. The number of carbonyl (C=O) groups excluding carboxylic acids is 1. The molecular formula is C17H19N5O3S. The maximum atomic E-state index is 12.3. The first-order valence-corrected chi connectivity index (χ1v) is 9.28. The van der Waals surface area contributed by atoms with Crippen LogP contribution < -0.4 is 9.62 Å². The van der Waals surface area contributed by atoms with Crippen LogP contribution in [0.25, 0.3) is 5.65 Å². The quantitative estimate of drug-likeness (QED) is 0.643. The largest absolute Gasteiger partial charge is 0.352 e. The van der Waals surface area contributed by atoms with Gasteiger partial charge in [-0.1, -0.05) is 25.1 Å². The summed E-state index contributed by atoms with van der Waals surface area (Å²) >= 11 is 0. The summed E-state index contributed by atoms with van der Waals surface area (Å²) < 4.78 is 26.4. The molecule has 0 aliphatic heterocycles. The summed E-state index contributed by atoms with van der Waals surface area (Å²) in [5, 5.41) is 6.88. The lowest BCUT2D eigenvalue weighted by Gasteiger charge is -2.18. The second kappa shape index (κ2) is 7.52. The molecule has 0 fully saturated rings. The lowest BCUT2D eigenvalue weighted by molar-refractivity contribution is 0.0955. The van der Waals surface area contributed by atoms with Crippen molar-refractivity contribution < 1.29 is 13.2 Å². The van der Waals surface area contributed by atoms with Gasteiger partial charge in [-0.15, -0.1) is 0 Å². The summed E-state index contributed by atoms with van der Waals surface area (Å²) in [5.41, 5.74) is 1.90. The Morgan fingerprint density at radius 1 is 1.27 bits per heavy atom. The maximum absolute atomic E-state index is 12.3. The Morgan fingerprint density at radius 2 is 2.04 bits per heavy atom. The first-order valence-electron chi connectivity index (χ1n) is 8.15. The van der Waals surface area contributed by atoms with Crippen LogP contribution in [0.3, 0.4) is 0 Å². The van der Waals surface area contributed by atoms with Gasteiger partial charge in [-0.2, -0.15) is 5.10 Å². The van der Waals surface area contributed by atoms with Gasteiger partial charge in [-0.3, -0.25) is 4.79 Å². The third-order valence-corrected chi connectivity index (χ3v) is 4.61. The number of anilines is 2. The van der Waals surface area contributed by atoms with Gasteiger partial charge in [0.15, 0.2) is 11.5 Å². The molecule has 1 amide bonds. The van der Waals surface area contributed by atoms with Crippen LogP contribution in [0, 0.1) is 6.92 Å². The number of hydrogen-bond acceptors (Lipinski definition) is 5. The molecule has 0 spiro atoms. The molecule has 2 heterocycles. The summed E-state index contributed by atoms with van der Waals surface area (Å²) in [6.45, 7) is 4.32. The molecule has 0 bridgehead atoms. The summed E-state index contributed by atoms with van der Waals surface area (Å²) in [6.07, 6.45) is 3.81. The highest BCUT2D eigenvalue weighted by molar-refractivity contribution is 7.74. The van der Waals surface area contributed by atoms with E-state index in [1.807, 2.05) is 26.0 Å². The normalized spacial score (nSPS) is 11.0. The van der Waals surface area contributed by atoms with Gasteiger partial charge < -0.3 is 5.32 Å². The van der Waals surface area contributed by atoms with Gasteiger partial charge in [0.05, 0.1) is 11.9 Å². The molecule has 0 atom stereocenters. The highest BCUT2D eigenvalue weighted by Gasteiger charge is 2.19. The number of aromatic nitrogens is 3. The molecule has 8 nitrogen and oxygen atoms in total. The van der Waals surface area contributed by atoms with E-state index in [4.69, 9.17) is 0 Å². The molecule has 26 heavy (non-hydrogen) atoms. The van der Waals surface area contributed by atoms with Gasteiger partial charge in [-0.05, 0) is 25.0 Å². The van der Waals surface area contributed by atoms with Crippen molar-refractivity contribution in [1.29, 1.82) is 0 Å². The fraction of sp³-hybridized carbons (Fsp3) is 0.235. The highest BCUT2D eigenvalue weighted by atomic mass is 32.2. The molecule has 1 aromatic carbocycles. The Balaban J connectivity index is 2.09. The van der Waals surface area contributed by atoms with E-state index in [1.54, 1.807) is 24.4 Å². The fourth-order valence-corrected chi connectivity index (χ4v) is 3.25. The molecule has 136 valence electrons. The van der Waals surface area contributed by atoms with Crippen molar-refractivity contribution in [3.05, 3.63) is 53.9 Å². The molecule has 3 rings (SSSR count). The number of carbonyl (C=O) groups is 1. The smallest absolute Gasteiger partial charge is 0.256 e. The van der Waals surface area contributed by atoms with Gasteiger partial charge >= 0.3 is 0 Å². The minimum absolute atomic E-state index is 0.202. The van der Waals surface area contributed by atoms with E-state index in [2.05, 4.69) is 15.4 Å². The number of aryl methyl sites for hydroxylation is 1. The van der Waals surface area contributed by atoms with Crippen molar-refractivity contribution in [3.8, 4) is 0 Å². The van der Waals surface area contributed by atoms with E-state index in [0.29, 0.717) is 23.4 Å². The molecule has 9 heteroatoms. The zero-order valence-electron chi connectivity index (χ0n) is 14.4. The van der Waals surface area contributed by atoms with Gasteiger partial charge in [0.25, 0.3) is 5.91 Å². The molecule has 0 radical (unpaired) electrons. The van der Waals surface area contributed by atoms with E-state index in [0.717, 1.165) is 16.3 Å². The number of para-hydroxylation sites is 1. The third-order valence-electron chi connectivity index (χ3n) is 3.86. The Hall–Kier alpha value is -2.94. The predicted octanol–water partition coefficient (Wildman–Crippen LogP) is 1.84. The van der Waals surface area contributed by atoms with Gasteiger partial charge in [0, 0.05) is 18.8 Å². The van der Waals surface area contributed by atoms with Crippen molar-refractivity contribution in [1.82, 2.24) is 19.9 Å². The van der Waals surface area contributed by atoms with Gasteiger partial charge in [0.1, 0.15) is 5.56 Å². The number of thiol groups is 1. The second-order valence-electron chi connectivity index (χ2n) is 5.70. The Bertz CT molecular complexity index is 1020. The first kappa shape index (κ1) is 17.9. The van der Waals surface area contributed by atoms with E-state index in [-0.39, 0.29) is 11.7 Å². The maximum Gasteiger partial charge on any atom is 0.256 e. The monoisotopic (exact) mass is 373 g/mol. The highest BCUT2D eigenvalue weighted by Crippen LogP contribution is 2.27. The van der Waals surface area contributed by atoms with E-state index in [1.165, 1.54) is 10.7 Å². The molecule has 3 aromatic rings. The Morgan fingerprint density at radius 3 is 2.73 bits per heavy atom. The van der Waals surface area contributed by atoms with Crippen molar-refractivity contribution in [2.45, 2.75) is 20.3 Å². The van der Waals surface area contributed by atoms with Crippen LogP contribution in [0.1, 0.15) is 29.3 Å². The molecule has 1 N–H and O–H groups in total. The van der Waals surface area contributed by atoms with Crippen LogP contribution in [0.15, 0.2) is 42.7 Å². The number of nitrogens with one attached hydrogen (secondary N) is 1.